The first-order chi connectivity index (χ1) is 8.51. The Labute approximate surface area is 104 Å². The number of rotatable bonds is 6. The summed E-state index contributed by atoms with van der Waals surface area (Å²) in [5.41, 5.74) is 0.349. The third-order valence-electron chi connectivity index (χ3n) is 2.62. The average molecular weight is 257 g/mol. The van der Waals surface area contributed by atoms with Gasteiger partial charge in [0.25, 0.3) is 0 Å². The smallest absolute Gasteiger partial charge is 0.325 e. The summed E-state index contributed by atoms with van der Waals surface area (Å²) in [6.07, 6.45) is 0. The Morgan fingerprint density at radius 3 is 2.72 bits per heavy atom. The van der Waals surface area contributed by atoms with E-state index in [-0.39, 0.29) is 18.9 Å². The van der Waals surface area contributed by atoms with Crippen molar-refractivity contribution >= 4 is 5.97 Å². The first kappa shape index (κ1) is 14.4. The molecular formula is C12H16FNO4. The van der Waals surface area contributed by atoms with Crippen LogP contribution in [0.3, 0.4) is 0 Å². The van der Waals surface area contributed by atoms with Crippen LogP contribution in [0.1, 0.15) is 11.6 Å². The van der Waals surface area contributed by atoms with E-state index < -0.39 is 17.8 Å². The predicted octanol–water partition coefficient (Wildman–Crippen LogP) is 0.884. The third-order valence-corrected chi connectivity index (χ3v) is 2.62. The summed E-state index contributed by atoms with van der Waals surface area (Å²) in [7, 11) is 2.92. The lowest BCUT2D eigenvalue weighted by Gasteiger charge is -2.25. The van der Waals surface area contributed by atoms with Gasteiger partial charge in [0.15, 0.2) is 0 Å². The van der Waals surface area contributed by atoms with Crippen molar-refractivity contribution in [1.29, 1.82) is 0 Å². The van der Waals surface area contributed by atoms with Gasteiger partial charge in [-0.25, -0.2) is 4.39 Å². The number of carboxylic acid groups (broad SMARTS) is 1. The first-order valence-corrected chi connectivity index (χ1v) is 5.38. The fourth-order valence-corrected chi connectivity index (χ4v) is 1.76. The van der Waals surface area contributed by atoms with Gasteiger partial charge in [0.1, 0.15) is 17.6 Å². The van der Waals surface area contributed by atoms with Crippen LogP contribution in [0.15, 0.2) is 18.2 Å². The Hall–Kier alpha value is -1.66. The molecule has 0 fully saturated rings. The number of ether oxygens (including phenoxy) is 1. The third kappa shape index (κ3) is 3.18. The number of halogens is 1. The number of methoxy groups -OCH3 is 1. The van der Waals surface area contributed by atoms with Crippen LogP contribution in [0, 0.1) is 5.82 Å². The summed E-state index contributed by atoms with van der Waals surface area (Å²) in [6, 6.07) is 2.70. The molecule has 18 heavy (non-hydrogen) atoms. The number of aliphatic hydroxyl groups excluding tert-OH is 1. The minimum absolute atomic E-state index is 0.163. The maximum atomic E-state index is 13.1. The number of hydrogen-bond donors (Lipinski definition) is 2. The molecule has 0 heterocycles. The zero-order chi connectivity index (χ0) is 13.7. The molecule has 1 rings (SSSR count). The van der Waals surface area contributed by atoms with Crippen molar-refractivity contribution in [1.82, 2.24) is 4.90 Å². The quantitative estimate of drug-likeness (QED) is 0.791. The molecular weight excluding hydrogens is 241 g/mol. The van der Waals surface area contributed by atoms with Crippen LogP contribution >= 0.6 is 0 Å². The van der Waals surface area contributed by atoms with Crippen LogP contribution in [-0.2, 0) is 4.79 Å². The number of likely N-dealkylation sites (N-methyl/N-ethyl adjacent to an activating group) is 1. The van der Waals surface area contributed by atoms with Crippen molar-refractivity contribution < 1.29 is 24.1 Å². The van der Waals surface area contributed by atoms with E-state index in [0.717, 1.165) is 6.07 Å². The molecule has 0 spiro atoms. The standard InChI is InChI=1S/C12H16FNO4/c1-14(5-6-15)11(12(16)17)9-4-3-8(13)7-10(9)18-2/h3-4,7,11,15H,5-6H2,1-2H3,(H,16,17)/t11-/m1/s1. The van der Waals surface area contributed by atoms with E-state index in [0.29, 0.717) is 5.56 Å². The SMILES string of the molecule is COc1cc(F)ccc1[C@H](C(=O)O)N(C)CCO. The van der Waals surface area contributed by atoms with Gasteiger partial charge in [-0.3, -0.25) is 9.69 Å². The number of hydrogen-bond acceptors (Lipinski definition) is 4. The van der Waals surface area contributed by atoms with Crippen LogP contribution in [0.25, 0.3) is 0 Å². The Balaban J connectivity index is 3.17. The van der Waals surface area contributed by atoms with Crippen LogP contribution in [0.5, 0.6) is 5.75 Å². The number of aliphatic carboxylic acids is 1. The maximum Gasteiger partial charge on any atom is 0.325 e. The normalized spacial score (nSPS) is 12.5. The molecule has 0 bridgehead atoms. The number of benzene rings is 1. The molecule has 1 aromatic rings. The van der Waals surface area contributed by atoms with E-state index in [1.54, 1.807) is 7.05 Å². The number of nitrogens with zero attached hydrogens (tertiary/aromatic N) is 1. The molecule has 0 radical (unpaired) electrons. The lowest BCUT2D eigenvalue weighted by Crippen LogP contribution is -2.33. The van der Waals surface area contributed by atoms with Crippen molar-refractivity contribution in [3.63, 3.8) is 0 Å². The van der Waals surface area contributed by atoms with E-state index in [4.69, 9.17) is 9.84 Å². The molecule has 2 N–H and O–H groups in total. The second-order valence-corrected chi connectivity index (χ2v) is 3.83. The zero-order valence-corrected chi connectivity index (χ0v) is 10.3. The highest BCUT2D eigenvalue weighted by Gasteiger charge is 2.27. The fourth-order valence-electron chi connectivity index (χ4n) is 1.76. The lowest BCUT2D eigenvalue weighted by atomic mass is 10.0. The van der Waals surface area contributed by atoms with E-state index >= 15 is 0 Å². The highest BCUT2D eigenvalue weighted by molar-refractivity contribution is 5.76. The molecule has 0 aliphatic carbocycles. The van der Waals surface area contributed by atoms with Gasteiger partial charge in [-0.05, 0) is 13.1 Å². The molecule has 5 nitrogen and oxygen atoms in total. The lowest BCUT2D eigenvalue weighted by molar-refractivity contribution is -0.143. The van der Waals surface area contributed by atoms with Gasteiger partial charge in [0.05, 0.1) is 13.7 Å². The summed E-state index contributed by atoms with van der Waals surface area (Å²) in [4.78, 5) is 12.8. The van der Waals surface area contributed by atoms with E-state index in [1.165, 1.54) is 24.1 Å². The molecule has 0 saturated heterocycles. The molecule has 0 saturated carbocycles. The highest BCUT2D eigenvalue weighted by Crippen LogP contribution is 2.29. The second-order valence-electron chi connectivity index (χ2n) is 3.83. The Morgan fingerprint density at radius 1 is 1.56 bits per heavy atom. The molecule has 0 aromatic heterocycles. The van der Waals surface area contributed by atoms with Gasteiger partial charge in [-0.2, -0.15) is 0 Å². The topological polar surface area (TPSA) is 70.0 Å². The monoisotopic (exact) mass is 257 g/mol. The Morgan fingerprint density at radius 2 is 2.22 bits per heavy atom. The van der Waals surface area contributed by atoms with Gasteiger partial charge in [0, 0.05) is 18.2 Å². The van der Waals surface area contributed by atoms with Crippen LogP contribution < -0.4 is 4.74 Å². The molecule has 0 unspecified atom stereocenters. The van der Waals surface area contributed by atoms with Crippen molar-refractivity contribution in [2.24, 2.45) is 0 Å². The van der Waals surface area contributed by atoms with Gasteiger partial charge < -0.3 is 14.9 Å². The predicted molar refractivity (Wildman–Crippen MR) is 63.0 cm³/mol. The van der Waals surface area contributed by atoms with E-state index in [9.17, 15) is 14.3 Å². The molecule has 100 valence electrons. The van der Waals surface area contributed by atoms with Crippen molar-refractivity contribution in [3.8, 4) is 5.75 Å². The van der Waals surface area contributed by atoms with Crippen LogP contribution in [0.4, 0.5) is 4.39 Å². The molecule has 0 aliphatic heterocycles. The minimum atomic E-state index is -1.09. The van der Waals surface area contributed by atoms with E-state index in [2.05, 4.69) is 0 Å². The van der Waals surface area contributed by atoms with Crippen LogP contribution in [0.2, 0.25) is 0 Å². The minimum Gasteiger partial charge on any atom is -0.496 e. The summed E-state index contributed by atoms with van der Waals surface area (Å²) < 4.78 is 18.1. The summed E-state index contributed by atoms with van der Waals surface area (Å²) >= 11 is 0. The number of carbonyl (C=O) groups is 1. The molecule has 1 atom stereocenters. The summed E-state index contributed by atoms with van der Waals surface area (Å²) in [5.74, 6) is -1.41. The summed E-state index contributed by atoms with van der Waals surface area (Å²) in [6.45, 7) is 0.0291. The molecule has 1 aromatic carbocycles. The molecule has 0 amide bonds. The van der Waals surface area contributed by atoms with Crippen molar-refractivity contribution in [3.05, 3.63) is 29.6 Å². The first-order valence-electron chi connectivity index (χ1n) is 5.38. The van der Waals surface area contributed by atoms with Gasteiger partial charge in [-0.15, -0.1) is 0 Å². The maximum absolute atomic E-state index is 13.1. The number of carboxylic acids is 1. The van der Waals surface area contributed by atoms with Crippen molar-refractivity contribution in [2.45, 2.75) is 6.04 Å². The Bertz CT molecular complexity index is 425. The average Bonchev–Trinajstić information content (AvgIpc) is 2.31. The van der Waals surface area contributed by atoms with Gasteiger partial charge in [0.2, 0.25) is 0 Å². The fraction of sp³-hybridized carbons (Fsp3) is 0.417. The molecule has 6 heteroatoms. The van der Waals surface area contributed by atoms with Gasteiger partial charge in [-0.1, -0.05) is 6.07 Å². The molecule has 0 aliphatic rings. The van der Waals surface area contributed by atoms with E-state index in [1.807, 2.05) is 0 Å². The number of aliphatic hydroxyl groups is 1. The summed E-state index contributed by atoms with van der Waals surface area (Å²) in [5, 5.41) is 18.1. The zero-order valence-electron chi connectivity index (χ0n) is 10.3. The Kier molecular flexibility index (Phi) is 5.06. The van der Waals surface area contributed by atoms with Crippen LogP contribution in [-0.4, -0.2) is 48.4 Å². The largest absolute Gasteiger partial charge is 0.496 e. The second kappa shape index (κ2) is 6.32. The van der Waals surface area contributed by atoms with Gasteiger partial charge >= 0.3 is 5.97 Å². The van der Waals surface area contributed by atoms with Crippen molar-refractivity contribution in [2.75, 3.05) is 27.3 Å². The highest BCUT2D eigenvalue weighted by atomic mass is 19.1.